The smallest absolute Gasteiger partial charge is 0.236 e. The average molecular weight is 330 g/mol. The number of ether oxygens (including phenoxy) is 1. The number of hydrogen-bond donors (Lipinski definition) is 0. The molecular weight excluding hydrogens is 300 g/mol. The molecule has 0 unspecified atom stereocenters. The number of amides is 1. The van der Waals surface area contributed by atoms with Crippen molar-refractivity contribution < 1.29 is 9.53 Å². The molecule has 0 aromatic heterocycles. The number of carbonyl (C=O) groups is 1. The number of carbonyl (C=O) groups excluding carboxylic acids is 1. The van der Waals surface area contributed by atoms with Crippen molar-refractivity contribution in [1.29, 1.82) is 0 Å². The standard InChI is InChI=1S/C20H30N2O2/c1-17-2-4-18(5-3-17)6-7-19-8-10-22(11-9-19)20(23)16-21-12-14-24-15-13-21/h2-5,19H,6-16H2,1H3. The summed E-state index contributed by atoms with van der Waals surface area (Å²) < 4.78 is 5.34. The van der Waals surface area contributed by atoms with Gasteiger partial charge in [-0.15, -0.1) is 0 Å². The van der Waals surface area contributed by atoms with Crippen LogP contribution >= 0.6 is 0 Å². The van der Waals surface area contributed by atoms with Gasteiger partial charge in [0.25, 0.3) is 0 Å². The van der Waals surface area contributed by atoms with Crippen LogP contribution in [0.3, 0.4) is 0 Å². The van der Waals surface area contributed by atoms with Crippen LogP contribution < -0.4 is 0 Å². The number of likely N-dealkylation sites (tertiary alicyclic amines) is 1. The van der Waals surface area contributed by atoms with Crippen molar-refractivity contribution in [1.82, 2.24) is 9.80 Å². The Morgan fingerprint density at radius 2 is 1.75 bits per heavy atom. The van der Waals surface area contributed by atoms with Crippen LogP contribution in [-0.4, -0.2) is 61.6 Å². The molecule has 2 aliphatic heterocycles. The lowest BCUT2D eigenvalue weighted by atomic mass is 9.90. The predicted octanol–water partition coefficient (Wildman–Crippen LogP) is 2.50. The first-order valence-electron chi connectivity index (χ1n) is 9.34. The molecule has 0 spiro atoms. The number of morpholine rings is 1. The molecule has 0 saturated carbocycles. The van der Waals surface area contributed by atoms with Gasteiger partial charge in [0.1, 0.15) is 0 Å². The van der Waals surface area contributed by atoms with E-state index in [0.717, 1.165) is 64.6 Å². The molecule has 2 aliphatic rings. The molecule has 3 rings (SSSR count). The largest absolute Gasteiger partial charge is 0.379 e. The molecule has 4 nitrogen and oxygen atoms in total. The molecule has 0 aliphatic carbocycles. The van der Waals surface area contributed by atoms with Gasteiger partial charge in [0.05, 0.1) is 19.8 Å². The van der Waals surface area contributed by atoms with E-state index >= 15 is 0 Å². The van der Waals surface area contributed by atoms with Gasteiger partial charge in [0, 0.05) is 26.2 Å². The van der Waals surface area contributed by atoms with E-state index in [2.05, 4.69) is 41.0 Å². The van der Waals surface area contributed by atoms with Crippen LogP contribution in [0.5, 0.6) is 0 Å². The lowest BCUT2D eigenvalue weighted by molar-refractivity contribution is -0.134. The third-order valence-corrected chi connectivity index (χ3v) is 5.39. The van der Waals surface area contributed by atoms with Crippen molar-refractivity contribution in [2.45, 2.75) is 32.6 Å². The molecule has 132 valence electrons. The monoisotopic (exact) mass is 330 g/mol. The zero-order valence-electron chi connectivity index (χ0n) is 14.9. The number of benzene rings is 1. The molecule has 0 N–H and O–H groups in total. The quantitative estimate of drug-likeness (QED) is 0.831. The summed E-state index contributed by atoms with van der Waals surface area (Å²) in [5, 5.41) is 0. The molecule has 2 saturated heterocycles. The van der Waals surface area contributed by atoms with E-state index in [1.165, 1.54) is 17.5 Å². The first-order valence-corrected chi connectivity index (χ1v) is 9.34. The third kappa shape index (κ3) is 5.05. The third-order valence-electron chi connectivity index (χ3n) is 5.39. The van der Waals surface area contributed by atoms with Gasteiger partial charge in [-0.3, -0.25) is 9.69 Å². The maximum absolute atomic E-state index is 12.4. The normalized spacial score (nSPS) is 20.3. The van der Waals surface area contributed by atoms with Gasteiger partial charge in [0.15, 0.2) is 0 Å². The lowest BCUT2D eigenvalue weighted by Crippen LogP contribution is -2.47. The van der Waals surface area contributed by atoms with E-state index < -0.39 is 0 Å². The van der Waals surface area contributed by atoms with Crippen LogP contribution in [0.4, 0.5) is 0 Å². The highest BCUT2D eigenvalue weighted by molar-refractivity contribution is 5.78. The second kappa shape index (κ2) is 8.63. The molecule has 0 atom stereocenters. The van der Waals surface area contributed by atoms with Crippen LogP contribution in [-0.2, 0) is 16.0 Å². The zero-order chi connectivity index (χ0) is 16.8. The Morgan fingerprint density at radius 1 is 1.08 bits per heavy atom. The second-order valence-electron chi connectivity index (χ2n) is 7.24. The number of nitrogens with zero attached hydrogens (tertiary/aromatic N) is 2. The highest BCUT2D eigenvalue weighted by atomic mass is 16.5. The Bertz CT molecular complexity index is 515. The summed E-state index contributed by atoms with van der Waals surface area (Å²) in [4.78, 5) is 16.7. The Labute approximate surface area is 145 Å². The fourth-order valence-corrected chi connectivity index (χ4v) is 3.65. The summed E-state index contributed by atoms with van der Waals surface area (Å²) in [7, 11) is 0. The highest BCUT2D eigenvalue weighted by Gasteiger charge is 2.24. The molecule has 1 aromatic rings. The molecular formula is C20H30N2O2. The Balaban J connectivity index is 1.37. The molecule has 1 aromatic carbocycles. The van der Waals surface area contributed by atoms with Crippen molar-refractivity contribution in [3.05, 3.63) is 35.4 Å². The van der Waals surface area contributed by atoms with E-state index in [-0.39, 0.29) is 0 Å². The predicted molar refractivity (Wildman–Crippen MR) is 96.1 cm³/mol. The molecule has 0 radical (unpaired) electrons. The van der Waals surface area contributed by atoms with Crippen LogP contribution in [0.25, 0.3) is 0 Å². The summed E-state index contributed by atoms with van der Waals surface area (Å²) in [5.41, 5.74) is 2.76. The Morgan fingerprint density at radius 3 is 2.42 bits per heavy atom. The summed E-state index contributed by atoms with van der Waals surface area (Å²) in [5.74, 6) is 1.06. The fourth-order valence-electron chi connectivity index (χ4n) is 3.65. The number of hydrogen-bond acceptors (Lipinski definition) is 3. The second-order valence-corrected chi connectivity index (χ2v) is 7.24. The van der Waals surface area contributed by atoms with E-state index in [4.69, 9.17) is 4.74 Å². The maximum Gasteiger partial charge on any atom is 0.236 e. The van der Waals surface area contributed by atoms with E-state index in [1.54, 1.807) is 0 Å². The number of rotatable bonds is 5. The number of piperidine rings is 1. The highest BCUT2D eigenvalue weighted by Crippen LogP contribution is 2.22. The minimum absolute atomic E-state index is 0.300. The molecule has 4 heteroatoms. The van der Waals surface area contributed by atoms with Crippen molar-refractivity contribution in [3.63, 3.8) is 0 Å². The molecule has 1 amide bonds. The van der Waals surface area contributed by atoms with Gasteiger partial charge >= 0.3 is 0 Å². The first-order chi connectivity index (χ1) is 11.7. The SMILES string of the molecule is Cc1ccc(CCC2CCN(C(=O)CN3CCOCC3)CC2)cc1. The summed E-state index contributed by atoms with van der Waals surface area (Å²) >= 11 is 0. The average Bonchev–Trinajstić information content (AvgIpc) is 2.62. The Hall–Kier alpha value is -1.39. The molecule has 2 fully saturated rings. The van der Waals surface area contributed by atoms with Crippen LogP contribution in [0.15, 0.2) is 24.3 Å². The zero-order valence-corrected chi connectivity index (χ0v) is 14.9. The fraction of sp³-hybridized carbons (Fsp3) is 0.650. The van der Waals surface area contributed by atoms with E-state index in [9.17, 15) is 4.79 Å². The van der Waals surface area contributed by atoms with Crippen molar-refractivity contribution in [3.8, 4) is 0 Å². The number of aryl methyl sites for hydroxylation is 2. The van der Waals surface area contributed by atoms with Gasteiger partial charge < -0.3 is 9.64 Å². The van der Waals surface area contributed by atoms with E-state index in [1.807, 2.05) is 0 Å². The molecule has 2 heterocycles. The maximum atomic E-state index is 12.4. The Kier molecular flexibility index (Phi) is 6.27. The minimum atomic E-state index is 0.300. The van der Waals surface area contributed by atoms with E-state index in [0.29, 0.717) is 12.5 Å². The van der Waals surface area contributed by atoms with Gasteiger partial charge in [-0.2, -0.15) is 0 Å². The van der Waals surface area contributed by atoms with Gasteiger partial charge in [-0.05, 0) is 44.1 Å². The first kappa shape index (κ1) is 17.4. The van der Waals surface area contributed by atoms with Crippen LogP contribution in [0.2, 0.25) is 0 Å². The van der Waals surface area contributed by atoms with Gasteiger partial charge in [-0.1, -0.05) is 29.8 Å². The van der Waals surface area contributed by atoms with Gasteiger partial charge in [0.2, 0.25) is 5.91 Å². The van der Waals surface area contributed by atoms with Crippen LogP contribution in [0.1, 0.15) is 30.4 Å². The summed E-state index contributed by atoms with van der Waals surface area (Å²) in [6.45, 7) is 7.86. The topological polar surface area (TPSA) is 32.8 Å². The van der Waals surface area contributed by atoms with Crippen molar-refractivity contribution in [2.24, 2.45) is 5.92 Å². The van der Waals surface area contributed by atoms with Crippen LogP contribution in [0, 0.1) is 12.8 Å². The van der Waals surface area contributed by atoms with Gasteiger partial charge in [-0.25, -0.2) is 0 Å². The summed E-state index contributed by atoms with van der Waals surface area (Å²) in [6, 6.07) is 8.89. The van der Waals surface area contributed by atoms with Crippen molar-refractivity contribution in [2.75, 3.05) is 45.9 Å². The summed E-state index contributed by atoms with van der Waals surface area (Å²) in [6.07, 6.45) is 4.71. The minimum Gasteiger partial charge on any atom is -0.379 e. The lowest BCUT2D eigenvalue weighted by Gasteiger charge is -2.34. The molecule has 24 heavy (non-hydrogen) atoms. The van der Waals surface area contributed by atoms with Crippen molar-refractivity contribution >= 4 is 5.91 Å². The molecule has 0 bridgehead atoms.